The zero-order valence-corrected chi connectivity index (χ0v) is 53.6. The van der Waals surface area contributed by atoms with E-state index in [1.165, 1.54) is 99.1 Å². The lowest BCUT2D eigenvalue weighted by Crippen LogP contribution is -2.14. The van der Waals surface area contributed by atoms with E-state index in [4.69, 9.17) is 28.4 Å². The van der Waals surface area contributed by atoms with Gasteiger partial charge in [-0.1, -0.05) is 188 Å². The lowest BCUT2D eigenvalue weighted by molar-refractivity contribution is -0.0443. The van der Waals surface area contributed by atoms with Gasteiger partial charge in [0.05, 0.1) is 60.4 Å². The minimum absolute atomic E-state index is 0.342. The van der Waals surface area contributed by atoms with E-state index in [1.807, 2.05) is 22.7 Å². The molecule has 0 N–H and O–H groups in total. The molecule has 2 aliphatic heterocycles. The molecule has 0 spiro atoms. The number of ether oxygens (including phenoxy) is 6. The van der Waals surface area contributed by atoms with Crippen LogP contribution in [-0.4, -0.2) is 39.6 Å². The van der Waals surface area contributed by atoms with Crippen molar-refractivity contribution in [3.63, 3.8) is 0 Å². The molecule has 0 saturated carbocycles. The summed E-state index contributed by atoms with van der Waals surface area (Å²) >= 11 is 3.76. The van der Waals surface area contributed by atoms with Gasteiger partial charge in [-0.15, -0.1) is 22.7 Å². The summed E-state index contributed by atoms with van der Waals surface area (Å²) in [6.07, 6.45) is 8.52. The van der Waals surface area contributed by atoms with E-state index in [0.29, 0.717) is 51.5 Å². The monoisotopic (exact) mass is 1230 g/mol. The molecule has 8 nitrogen and oxygen atoms in total. The molecule has 2 saturated heterocycles. The van der Waals surface area contributed by atoms with Gasteiger partial charge in [0, 0.05) is 65.2 Å². The number of rotatable bonds is 24. The molecule has 2 aromatic heterocycles. The predicted octanol–water partition coefficient (Wildman–Crippen LogP) is 23.1. The number of anilines is 6. The first-order valence-electron chi connectivity index (χ1n) is 32.6. The van der Waals surface area contributed by atoms with E-state index in [-0.39, 0.29) is 12.6 Å². The molecule has 4 heterocycles. The highest BCUT2D eigenvalue weighted by atomic mass is 32.1. The molecule has 90 heavy (non-hydrogen) atoms. The van der Waals surface area contributed by atoms with Crippen LogP contribution in [0.1, 0.15) is 103 Å². The van der Waals surface area contributed by atoms with Crippen LogP contribution < -0.4 is 19.3 Å². The second kappa shape index (κ2) is 27.2. The van der Waals surface area contributed by atoms with Crippen molar-refractivity contribution >= 4 is 109 Å². The molecule has 12 aromatic rings. The summed E-state index contributed by atoms with van der Waals surface area (Å²) in [6.45, 7) is 12.9. The average Bonchev–Trinajstić information content (AvgIpc) is 1.56. The largest absolute Gasteiger partial charge is 0.489 e. The Labute approximate surface area is 537 Å². The minimum Gasteiger partial charge on any atom is -0.489 e. The fraction of sp³-hybridized carbons (Fsp3) is 0.275. The second-order valence-electron chi connectivity index (χ2n) is 24.1. The molecule has 14 rings (SSSR count). The van der Waals surface area contributed by atoms with Crippen molar-refractivity contribution in [3.8, 4) is 32.4 Å². The van der Waals surface area contributed by atoms with Gasteiger partial charge in [0.25, 0.3) is 0 Å². The third kappa shape index (κ3) is 12.2. The Balaban J connectivity index is 0.886. The lowest BCUT2D eigenvalue weighted by atomic mass is 9.99. The Kier molecular flexibility index (Phi) is 18.0. The Morgan fingerprint density at radius 3 is 1.14 bits per heavy atom. The topological polar surface area (TPSA) is 61.9 Å². The van der Waals surface area contributed by atoms with E-state index in [2.05, 4.69) is 244 Å². The van der Waals surface area contributed by atoms with Crippen LogP contribution in [0, 0.1) is 11.8 Å². The number of hydrogen-bond donors (Lipinski definition) is 0. The number of benzene rings is 10. The van der Waals surface area contributed by atoms with Crippen LogP contribution in [0.3, 0.4) is 0 Å². The number of hydrogen-bond acceptors (Lipinski definition) is 10. The minimum atomic E-state index is -0.342. The highest BCUT2D eigenvalue weighted by Gasteiger charge is 2.25. The van der Waals surface area contributed by atoms with E-state index < -0.39 is 0 Å². The number of nitrogens with zero attached hydrogens (tertiary/aromatic N) is 2. The van der Waals surface area contributed by atoms with Crippen LogP contribution in [0.2, 0.25) is 0 Å². The first-order valence-corrected chi connectivity index (χ1v) is 34.2. The van der Waals surface area contributed by atoms with Crippen molar-refractivity contribution in [2.24, 2.45) is 11.8 Å². The van der Waals surface area contributed by atoms with E-state index >= 15 is 0 Å². The first-order chi connectivity index (χ1) is 44.4. The maximum Gasteiger partial charge on any atom is 0.184 e. The van der Waals surface area contributed by atoms with Gasteiger partial charge in [-0.3, -0.25) is 0 Å². The molecule has 10 heteroatoms. The molecule has 10 aromatic carbocycles. The summed E-state index contributed by atoms with van der Waals surface area (Å²) in [7, 11) is 0. The van der Waals surface area contributed by atoms with Gasteiger partial charge in [0.15, 0.2) is 24.1 Å². The van der Waals surface area contributed by atoms with Crippen molar-refractivity contribution in [2.75, 3.05) is 49.4 Å². The van der Waals surface area contributed by atoms with Crippen LogP contribution in [-0.2, 0) is 18.9 Å². The van der Waals surface area contributed by atoms with E-state index in [9.17, 15) is 0 Å². The third-order valence-electron chi connectivity index (χ3n) is 18.3. The molecule has 2 aliphatic rings. The van der Waals surface area contributed by atoms with Gasteiger partial charge in [-0.25, -0.2) is 0 Å². The lowest BCUT2D eigenvalue weighted by Gasteiger charge is -2.27. The van der Waals surface area contributed by atoms with E-state index in [1.54, 1.807) is 0 Å². The van der Waals surface area contributed by atoms with Crippen LogP contribution in [0.5, 0.6) is 11.5 Å². The summed E-state index contributed by atoms with van der Waals surface area (Å²) in [5.74, 6) is 2.60. The molecule has 2 atom stereocenters. The number of fused-ring (bicyclic) bond motifs is 8. The van der Waals surface area contributed by atoms with Crippen LogP contribution in [0.4, 0.5) is 34.1 Å². The van der Waals surface area contributed by atoms with Crippen molar-refractivity contribution in [1.82, 2.24) is 0 Å². The zero-order valence-electron chi connectivity index (χ0n) is 52.0. The Hall–Kier alpha value is -8.06. The highest BCUT2D eigenvalue weighted by molar-refractivity contribution is 7.30. The molecular weight excluding hydrogens is 1150 g/mol. The van der Waals surface area contributed by atoms with Crippen molar-refractivity contribution in [1.29, 1.82) is 0 Å². The fourth-order valence-corrected chi connectivity index (χ4v) is 15.6. The van der Waals surface area contributed by atoms with Gasteiger partial charge in [-0.05, 0) is 142 Å². The summed E-state index contributed by atoms with van der Waals surface area (Å²) in [4.78, 5) is 7.16. The molecular formula is C80H78N2O6S2. The molecule has 2 unspecified atom stereocenters. The smallest absolute Gasteiger partial charge is 0.184 e. The molecule has 0 aliphatic carbocycles. The SMILES string of the molecule is CCCCC(CC)COc1cc2c(cc1OCC(CC)CCCC)c1cc(-c3ccc(N(c4ccc(C5OCCO5)cc4)c4cccc5ccccc45)cc3)sc1c1sc(-c3ccc(N(c4ccc(C5OCCO5)cc4)c4cccc5ccccc45)cc3)cc21. The second-order valence-corrected chi connectivity index (χ2v) is 26.2. The normalized spacial score (nSPS) is 14.6. The van der Waals surface area contributed by atoms with Gasteiger partial charge in [0.1, 0.15) is 0 Å². The fourth-order valence-electron chi connectivity index (χ4n) is 13.1. The molecule has 2 fully saturated rings. The van der Waals surface area contributed by atoms with Crippen LogP contribution >= 0.6 is 22.7 Å². The van der Waals surface area contributed by atoms with Gasteiger partial charge < -0.3 is 38.2 Å². The maximum absolute atomic E-state index is 7.03. The van der Waals surface area contributed by atoms with Crippen molar-refractivity contribution < 1.29 is 28.4 Å². The number of unbranched alkanes of at least 4 members (excludes halogenated alkanes) is 2. The van der Waals surface area contributed by atoms with Crippen LogP contribution in [0.15, 0.2) is 206 Å². The predicted molar refractivity (Wildman–Crippen MR) is 377 cm³/mol. The Morgan fingerprint density at radius 2 is 0.767 bits per heavy atom. The molecule has 0 radical (unpaired) electrons. The molecule has 0 amide bonds. The van der Waals surface area contributed by atoms with E-state index in [0.717, 1.165) is 82.4 Å². The van der Waals surface area contributed by atoms with Crippen molar-refractivity contribution in [3.05, 3.63) is 217 Å². The van der Waals surface area contributed by atoms with Gasteiger partial charge in [0.2, 0.25) is 0 Å². The molecule has 456 valence electrons. The quantitative estimate of drug-likeness (QED) is 0.0593. The summed E-state index contributed by atoms with van der Waals surface area (Å²) in [6, 6.07) is 75.5. The first kappa shape index (κ1) is 59.6. The van der Waals surface area contributed by atoms with Crippen molar-refractivity contribution in [2.45, 2.75) is 91.6 Å². The maximum atomic E-state index is 7.03. The molecule has 0 bridgehead atoms. The Bertz CT molecular complexity index is 4120. The van der Waals surface area contributed by atoms with Gasteiger partial charge >= 0.3 is 0 Å². The Morgan fingerprint density at radius 1 is 0.400 bits per heavy atom. The van der Waals surface area contributed by atoms with Crippen LogP contribution in [0.25, 0.3) is 73.4 Å². The van der Waals surface area contributed by atoms with Gasteiger partial charge in [-0.2, -0.15) is 0 Å². The zero-order chi connectivity index (χ0) is 60.9. The summed E-state index contributed by atoms with van der Waals surface area (Å²) in [5, 5.41) is 9.56. The summed E-state index contributed by atoms with van der Waals surface area (Å²) < 4.78 is 40.2. The standard InChI is InChI=1S/C80H78N2O6S2/c1-5-9-17-53(7-3)51-87-73-47-67-68(48-74(73)88-52-54(8-4)18-10-6-2)70-50-76(58-29-37-62(38-30-58)82(72-26-16-22-56-20-12-14-24-66(56)72)64-41-33-60(34-42-64)80-85-45-46-86-80)90-78(70)77-69(67)49-75(89-77)57-27-35-61(36-28-57)81(71-25-15-21-55-19-11-13-23-65(55)71)63-39-31-59(32-40-63)79-83-43-44-84-79/h11-16,19-42,47-50,53-54,79-80H,5-10,17-18,43-46,51-52H2,1-4H3. The number of thiophene rings is 2. The third-order valence-corrected chi connectivity index (χ3v) is 20.8. The summed E-state index contributed by atoms with van der Waals surface area (Å²) in [5.41, 5.74) is 10.8. The average molecular weight is 1230 g/mol. The highest BCUT2D eigenvalue weighted by Crippen LogP contribution is 2.51.